The third-order valence-electron chi connectivity index (χ3n) is 2.83. The van der Waals surface area contributed by atoms with Crippen LogP contribution in [0.1, 0.15) is 45.4 Å². The summed E-state index contributed by atoms with van der Waals surface area (Å²) in [7, 11) is 1.71. The molecule has 0 aromatic carbocycles. The molecule has 2 nitrogen and oxygen atoms in total. The number of hydrogen-bond donors (Lipinski definition) is 1. The Kier molecular flexibility index (Phi) is 4.62. The molecule has 0 heterocycles. The molecule has 2 heteroatoms. The van der Waals surface area contributed by atoms with E-state index in [1.54, 1.807) is 7.11 Å². The van der Waals surface area contributed by atoms with Crippen molar-refractivity contribution in [2.75, 3.05) is 7.11 Å². The summed E-state index contributed by atoms with van der Waals surface area (Å²) >= 11 is 0. The van der Waals surface area contributed by atoms with Crippen LogP contribution in [-0.2, 0) is 4.84 Å². The lowest BCUT2D eigenvalue weighted by Crippen LogP contribution is -2.32. The molecule has 1 rings (SSSR count). The van der Waals surface area contributed by atoms with Crippen molar-refractivity contribution in [1.29, 1.82) is 0 Å². The highest BCUT2D eigenvalue weighted by Gasteiger charge is 2.19. The summed E-state index contributed by atoms with van der Waals surface area (Å²) in [6.07, 6.45) is 8.10. The zero-order chi connectivity index (χ0) is 8.81. The van der Waals surface area contributed by atoms with Gasteiger partial charge in [-0.2, -0.15) is 5.48 Å². The van der Waals surface area contributed by atoms with Gasteiger partial charge >= 0.3 is 0 Å². The molecule has 72 valence electrons. The second-order valence-corrected chi connectivity index (χ2v) is 3.83. The van der Waals surface area contributed by atoms with Crippen LogP contribution in [-0.4, -0.2) is 13.2 Å². The second kappa shape index (κ2) is 5.55. The smallest absolute Gasteiger partial charge is 0.0572 e. The topological polar surface area (TPSA) is 21.3 Å². The Bertz CT molecular complexity index is 94.4. The van der Waals surface area contributed by atoms with E-state index in [9.17, 15) is 0 Å². The third-order valence-corrected chi connectivity index (χ3v) is 2.83. The highest BCUT2D eigenvalue weighted by Crippen LogP contribution is 2.27. The van der Waals surface area contributed by atoms with Crippen LogP contribution in [0.4, 0.5) is 0 Å². The molecule has 0 unspecified atom stereocenters. The van der Waals surface area contributed by atoms with Gasteiger partial charge in [0.2, 0.25) is 0 Å². The Morgan fingerprint density at radius 1 is 1.25 bits per heavy atom. The van der Waals surface area contributed by atoms with E-state index in [-0.39, 0.29) is 0 Å². The van der Waals surface area contributed by atoms with E-state index in [2.05, 4.69) is 12.4 Å². The van der Waals surface area contributed by atoms with Crippen LogP contribution in [0.25, 0.3) is 0 Å². The molecule has 0 spiro atoms. The lowest BCUT2D eigenvalue weighted by molar-refractivity contribution is 0.0427. The van der Waals surface area contributed by atoms with Crippen molar-refractivity contribution in [3.63, 3.8) is 0 Å². The second-order valence-electron chi connectivity index (χ2n) is 3.83. The minimum absolute atomic E-state index is 0.614. The standard InChI is InChI=1S/C10H21NO/c1-3-4-9-5-7-10(8-6-9)11-12-2/h9-11H,3-8H2,1-2H3. The number of nitrogens with one attached hydrogen (secondary N) is 1. The molecule has 0 amide bonds. The minimum Gasteiger partial charge on any atom is -0.305 e. The van der Waals surface area contributed by atoms with Crippen molar-refractivity contribution in [1.82, 2.24) is 5.48 Å². The normalized spacial score (nSPS) is 30.5. The molecule has 0 atom stereocenters. The number of hydrogen-bond acceptors (Lipinski definition) is 2. The van der Waals surface area contributed by atoms with Crippen LogP contribution in [0.3, 0.4) is 0 Å². The van der Waals surface area contributed by atoms with Gasteiger partial charge in [0.15, 0.2) is 0 Å². The maximum atomic E-state index is 4.93. The van der Waals surface area contributed by atoms with Crippen LogP contribution in [0, 0.1) is 5.92 Å². The summed E-state index contributed by atoms with van der Waals surface area (Å²) < 4.78 is 0. The van der Waals surface area contributed by atoms with E-state index < -0.39 is 0 Å². The van der Waals surface area contributed by atoms with Gasteiger partial charge in [0.05, 0.1) is 7.11 Å². The van der Waals surface area contributed by atoms with Crippen LogP contribution >= 0.6 is 0 Å². The fourth-order valence-corrected chi connectivity index (χ4v) is 2.14. The van der Waals surface area contributed by atoms with Crippen LogP contribution in [0.5, 0.6) is 0 Å². The number of hydroxylamine groups is 1. The van der Waals surface area contributed by atoms with Crippen molar-refractivity contribution in [2.24, 2.45) is 5.92 Å². The molecule has 1 N–H and O–H groups in total. The van der Waals surface area contributed by atoms with Crippen molar-refractivity contribution in [2.45, 2.75) is 51.5 Å². The van der Waals surface area contributed by atoms with Crippen LogP contribution < -0.4 is 5.48 Å². The van der Waals surface area contributed by atoms with Crippen molar-refractivity contribution in [3.8, 4) is 0 Å². The molecule has 0 radical (unpaired) electrons. The molecule has 1 aliphatic rings. The Balaban J connectivity index is 2.11. The van der Waals surface area contributed by atoms with Gasteiger partial charge in [0.25, 0.3) is 0 Å². The van der Waals surface area contributed by atoms with E-state index in [0.717, 1.165) is 5.92 Å². The predicted molar refractivity (Wildman–Crippen MR) is 50.8 cm³/mol. The summed E-state index contributed by atoms with van der Waals surface area (Å²) in [5.74, 6) is 0.991. The van der Waals surface area contributed by atoms with Crippen molar-refractivity contribution < 1.29 is 4.84 Å². The Labute approximate surface area is 75.6 Å². The first-order valence-electron chi connectivity index (χ1n) is 5.15. The largest absolute Gasteiger partial charge is 0.305 e. The molecule has 1 fully saturated rings. The molecule has 0 aliphatic heterocycles. The molecular weight excluding hydrogens is 150 g/mol. The summed E-state index contributed by atoms with van der Waals surface area (Å²) in [6, 6.07) is 0.614. The average Bonchev–Trinajstić information content (AvgIpc) is 2.09. The molecule has 0 aromatic heterocycles. The predicted octanol–water partition coefficient (Wildman–Crippen LogP) is 2.50. The van der Waals surface area contributed by atoms with Gasteiger partial charge < -0.3 is 4.84 Å². The first kappa shape index (κ1) is 10.0. The van der Waals surface area contributed by atoms with Gasteiger partial charge in [-0.1, -0.05) is 19.8 Å². The average molecular weight is 171 g/mol. The molecule has 1 saturated carbocycles. The van der Waals surface area contributed by atoms with Gasteiger partial charge in [-0.05, 0) is 31.6 Å². The van der Waals surface area contributed by atoms with E-state index in [1.165, 1.54) is 38.5 Å². The van der Waals surface area contributed by atoms with E-state index in [4.69, 9.17) is 4.84 Å². The summed E-state index contributed by atoms with van der Waals surface area (Å²) in [5.41, 5.74) is 3.05. The maximum Gasteiger partial charge on any atom is 0.0572 e. The number of rotatable bonds is 4. The Morgan fingerprint density at radius 2 is 1.92 bits per heavy atom. The fraction of sp³-hybridized carbons (Fsp3) is 1.00. The zero-order valence-electron chi connectivity index (χ0n) is 8.31. The molecular formula is C10H21NO. The van der Waals surface area contributed by atoms with Gasteiger partial charge in [-0.3, -0.25) is 0 Å². The summed E-state index contributed by atoms with van der Waals surface area (Å²) in [4.78, 5) is 4.93. The Hall–Kier alpha value is -0.0800. The highest BCUT2D eigenvalue weighted by molar-refractivity contribution is 4.74. The van der Waals surface area contributed by atoms with Crippen LogP contribution in [0.2, 0.25) is 0 Å². The summed E-state index contributed by atoms with van der Waals surface area (Å²) in [6.45, 7) is 2.28. The summed E-state index contributed by atoms with van der Waals surface area (Å²) in [5, 5.41) is 0. The SMILES string of the molecule is CCCC1CCC(NOC)CC1. The molecule has 1 aliphatic carbocycles. The Morgan fingerprint density at radius 3 is 2.42 bits per heavy atom. The van der Waals surface area contributed by atoms with E-state index in [1.807, 2.05) is 0 Å². The lowest BCUT2D eigenvalue weighted by atomic mass is 9.84. The minimum atomic E-state index is 0.614. The maximum absolute atomic E-state index is 4.93. The fourth-order valence-electron chi connectivity index (χ4n) is 2.14. The molecule has 0 bridgehead atoms. The van der Waals surface area contributed by atoms with Gasteiger partial charge in [0.1, 0.15) is 0 Å². The molecule has 0 aromatic rings. The van der Waals surface area contributed by atoms with Crippen LogP contribution in [0.15, 0.2) is 0 Å². The quantitative estimate of drug-likeness (QED) is 0.656. The zero-order valence-corrected chi connectivity index (χ0v) is 8.31. The highest BCUT2D eigenvalue weighted by atomic mass is 16.6. The first-order valence-corrected chi connectivity index (χ1v) is 5.15. The molecule has 0 saturated heterocycles. The first-order chi connectivity index (χ1) is 5.86. The third kappa shape index (κ3) is 3.11. The lowest BCUT2D eigenvalue weighted by Gasteiger charge is -2.28. The van der Waals surface area contributed by atoms with Crippen molar-refractivity contribution >= 4 is 0 Å². The van der Waals surface area contributed by atoms with E-state index >= 15 is 0 Å². The van der Waals surface area contributed by atoms with Gasteiger partial charge in [-0.15, -0.1) is 0 Å². The van der Waals surface area contributed by atoms with Gasteiger partial charge in [0, 0.05) is 6.04 Å². The van der Waals surface area contributed by atoms with Crippen molar-refractivity contribution in [3.05, 3.63) is 0 Å². The molecule has 12 heavy (non-hydrogen) atoms. The van der Waals surface area contributed by atoms with E-state index in [0.29, 0.717) is 6.04 Å². The van der Waals surface area contributed by atoms with Gasteiger partial charge in [-0.25, -0.2) is 0 Å². The monoisotopic (exact) mass is 171 g/mol.